The molecule has 3 rings (SSSR count). The Morgan fingerprint density at radius 1 is 1.15 bits per heavy atom. The van der Waals surface area contributed by atoms with E-state index in [0.717, 1.165) is 19.3 Å². The predicted molar refractivity (Wildman–Crippen MR) is 69.5 cm³/mol. The molecule has 2 amide bonds. The summed E-state index contributed by atoms with van der Waals surface area (Å²) in [5, 5.41) is 0.595. The molecule has 104 valence electrons. The van der Waals surface area contributed by atoms with Gasteiger partial charge in [0, 0.05) is 0 Å². The molecule has 1 aliphatic heterocycles. The monoisotopic (exact) mass is 273 g/mol. The van der Waals surface area contributed by atoms with E-state index in [9.17, 15) is 14.4 Å². The van der Waals surface area contributed by atoms with Crippen LogP contribution < -0.4 is 0 Å². The smallest absolute Gasteiger partial charge is 0.329 e. The first kappa shape index (κ1) is 12.8. The summed E-state index contributed by atoms with van der Waals surface area (Å²) in [6, 6.07) is 6.46. The fourth-order valence-electron chi connectivity index (χ4n) is 2.90. The Bertz CT molecular complexity index is 560. The van der Waals surface area contributed by atoms with E-state index in [-0.39, 0.29) is 23.0 Å². The summed E-state index contributed by atoms with van der Waals surface area (Å²) in [4.78, 5) is 41.3. The summed E-state index contributed by atoms with van der Waals surface area (Å²) in [7, 11) is 0. The van der Waals surface area contributed by atoms with Crippen LogP contribution in [0.2, 0.25) is 0 Å². The summed E-state index contributed by atoms with van der Waals surface area (Å²) in [6.45, 7) is 1.99. The maximum Gasteiger partial charge on any atom is 0.336 e. The van der Waals surface area contributed by atoms with Gasteiger partial charge in [-0.25, -0.2) is 4.79 Å². The van der Waals surface area contributed by atoms with Gasteiger partial charge in [-0.05, 0) is 30.9 Å². The third kappa shape index (κ3) is 1.90. The summed E-state index contributed by atoms with van der Waals surface area (Å²) in [5.41, 5.74) is 0.564. The Kier molecular flexibility index (Phi) is 3.04. The molecular formula is C15H15NO4. The van der Waals surface area contributed by atoms with Crippen LogP contribution in [0.25, 0.3) is 0 Å². The van der Waals surface area contributed by atoms with Gasteiger partial charge in [0.25, 0.3) is 11.8 Å². The minimum Gasteiger partial charge on any atom is -0.329 e. The van der Waals surface area contributed by atoms with Gasteiger partial charge in [-0.3, -0.25) is 9.59 Å². The number of hydrogen-bond acceptors (Lipinski definition) is 4. The number of amides is 2. The summed E-state index contributed by atoms with van der Waals surface area (Å²) < 4.78 is 0. The van der Waals surface area contributed by atoms with Crippen molar-refractivity contribution in [3.8, 4) is 0 Å². The van der Waals surface area contributed by atoms with Crippen LogP contribution in [0.4, 0.5) is 0 Å². The van der Waals surface area contributed by atoms with E-state index in [4.69, 9.17) is 4.84 Å². The summed E-state index contributed by atoms with van der Waals surface area (Å²) in [5.74, 6) is -1.60. The lowest BCUT2D eigenvalue weighted by Gasteiger charge is -2.18. The first-order valence-corrected chi connectivity index (χ1v) is 6.79. The number of hydroxylamine groups is 2. The van der Waals surface area contributed by atoms with Gasteiger partial charge >= 0.3 is 5.97 Å². The van der Waals surface area contributed by atoms with Gasteiger partial charge in [0.2, 0.25) is 0 Å². The van der Waals surface area contributed by atoms with Crippen LogP contribution >= 0.6 is 0 Å². The zero-order valence-corrected chi connectivity index (χ0v) is 11.2. The third-order valence-corrected chi connectivity index (χ3v) is 4.10. The topological polar surface area (TPSA) is 63.7 Å². The van der Waals surface area contributed by atoms with Gasteiger partial charge in [0.05, 0.1) is 17.0 Å². The van der Waals surface area contributed by atoms with Crippen molar-refractivity contribution in [2.45, 2.75) is 26.2 Å². The molecule has 2 atom stereocenters. The van der Waals surface area contributed by atoms with Gasteiger partial charge in [-0.1, -0.05) is 30.5 Å². The lowest BCUT2D eigenvalue weighted by Crippen LogP contribution is -2.35. The van der Waals surface area contributed by atoms with Crippen LogP contribution in [-0.2, 0) is 9.63 Å². The van der Waals surface area contributed by atoms with E-state index in [1.807, 2.05) is 6.92 Å². The number of hydrogen-bond donors (Lipinski definition) is 0. The summed E-state index contributed by atoms with van der Waals surface area (Å²) in [6.07, 6.45) is 2.70. The third-order valence-electron chi connectivity index (χ3n) is 4.10. The van der Waals surface area contributed by atoms with Gasteiger partial charge in [0.15, 0.2) is 0 Å². The standard InChI is InChI=1S/C15H15NO4/c1-9-5-4-8-10(9)15(19)20-16-13(17)11-6-2-3-7-12(11)14(16)18/h2-3,6-7,9-10H,4-5,8H2,1H3. The lowest BCUT2D eigenvalue weighted by molar-refractivity contribution is -0.174. The molecule has 1 fully saturated rings. The fourth-order valence-corrected chi connectivity index (χ4v) is 2.90. The van der Waals surface area contributed by atoms with Crippen LogP contribution in [0.5, 0.6) is 0 Å². The van der Waals surface area contributed by atoms with E-state index in [1.54, 1.807) is 24.3 Å². The molecule has 0 bridgehead atoms. The average Bonchev–Trinajstić information content (AvgIpc) is 2.97. The van der Waals surface area contributed by atoms with Crippen molar-refractivity contribution in [2.75, 3.05) is 0 Å². The molecule has 1 heterocycles. The van der Waals surface area contributed by atoms with Crippen molar-refractivity contribution < 1.29 is 19.2 Å². The molecular weight excluding hydrogens is 258 g/mol. The van der Waals surface area contributed by atoms with Gasteiger partial charge < -0.3 is 4.84 Å². The molecule has 0 spiro atoms. The maximum atomic E-state index is 12.1. The van der Waals surface area contributed by atoms with Crippen LogP contribution in [0.15, 0.2) is 24.3 Å². The fraction of sp³-hybridized carbons (Fsp3) is 0.400. The Morgan fingerprint density at radius 3 is 2.25 bits per heavy atom. The lowest BCUT2D eigenvalue weighted by atomic mass is 9.99. The first-order valence-electron chi connectivity index (χ1n) is 6.79. The quantitative estimate of drug-likeness (QED) is 0.775. The number of nitrogens with zero attached hydrogens (tertiary/aromatic N) is 1. The molecule has 20 heavy (non-hydrogen) atoms. The van der Waals surface area contributed by atoms with Gasteiger partial charge in [0.1, 0.15) is 0 Å². The SMILES string of the molecule is CC1CCCC1C(=O)ON1C(=O)c2ccccc2C1=O. The highest BCUT2D eigenvalue weighted by Crippen LogP contribution is 2.33. The van der Waals surface area contributed by atoms with Crippen molar-refractivity contribution in [2.24, 2.45) is 11.8 Å². The normalized spacial score (nSPS) is 24.9. The highest BCUT2D eigenvalue weighted by atomic mass is 16.7. The second-order valence-electron chi connectivity index (χ2n) is 5.38. The highest BCUT2D eigenvalue weighted by molar-refractivity contribution is 6.20. The second-order valence-corrected chi connectivity index (χ2v) is 5.38. The van der Waals surface area contributed by atoms with Crippen molar-refractivity contribution in [3.05, 3.63) is 35.4 Å². The molecule has 2 aliphatic rings. The molecule has 1 aromatic carbocycles. The number of carbonyl (C=O) groups is 3. The average molecular weight is 273 g/mol. The van der Waals surface area contributed by atoms with E-state index >= 15 is 0 Å². The van der Waals surface area contributed by atoms with Crippen molar-refractivity contribution in [1.82, 2.24) is 5.06 Å². The minimum absolute atomic E-state index is 0.223. The highest BCUT2D eigenvalue weighted by Gasteiger charge is 2.41. The Labute approximate surface area is 116 Å². The molecule has 1 saturated carbocycles. The van der Waals surface area contributed by atoms with Crippen LogP contribution in [0, 0.1) is 11.8 Å². The van der Waals surface area contributed by atoms with Crippen molar-refractivity contribution in [1.29, 1.82) is 0 Å². The number of carbonyl (C=O) groups excluding carboxylic acids is 3. The second kappa shape index (κ2) is 4.74. The van der Waals surface area contributed by atoms with E-state index < -0.39 is 17.8 Å². The predicted octanol–water partition coefficient (Wildman–Crippen LogP) is 2.18. The number of fused-ring (bicyclic) bond motifs is 1. The van der Waals surface area contributed by atoms with E-state index in [2.05, 4.69) is 0 Å². The molecule has 1 aliphatic carbocycles. The van der Waals surface area contributed by atoms with Crippen LogP contribution in [0.1, 0.15) is 46.9 Å². The van der Waals surface area contributed by atoms with E-state index in [1.165, 1.54) is 0 Å². The Hall–Kier alpha value is -2.17. The maximum absolute atomic E-state index is 12.1. The molecule has 1 aromatic rings. The zero-order valence-electron chi connectivity index (χ0n) is 11.2. The molecule has 0 N–H and O–H groups in total. The number of imide groups is 1. The number of rotatable bonds is 2. The first-order chi connectivity index (χ1) is 9.59. The zero-order chi connectivity index (χ0) is 14.3. The Balaban J connectivity index is 1.78. The van der Waals surface area contributed by atoms with Gasteiger partial charge in [-0.15, -0.1) is 0 Å². The van der Waals surface area contributed by atoms with E-state index in [0.29, 0.717) is 5.06 Å². The molecule has 5 heteroatoms. The molecule has 2 unspecified atom stereocenters. The largest absolute Gasteiger partial charge is 0.336 e. The van der Waals surface area contributed by atoms with Crippen molar-refractivity contribution in [3.63, 3.8) is 0 Å². The molecule has 5 nitrogen and oxygen atoms in total. The summed E-state index contributed by atoms with van der Waals surface area (Å²) >= 11 is 0. The molecule has 0 saturated heterocycles. The van der Waals surface area contributed by atoms with Crippen molar-refractivity contribution >= 4 is 17.8 Å². The molecule has 0 radical (unpaired) electrons. The minimum atomic E-state index is -0.565. The van der Waals surface area contributed by atoms with Crippen LogP contribution in [0.3, 0.4) is 0 Å². The van der Waals surface area contributed by atoms with Gasteiger partial charge in [-0.2, -0.15) is 0 Å². The Morgan fingerprint density at radius 2 is 1.75 bits per heavy atom. The molecule has 0 aromatic heterocycles. The van der Waals surface area contributed by atoms with Crippen LogP contribution in [-0.4, -0.2) is 22.8 Å². The number of benzene rings is 1.